The summed E-state index contributed by atoms with van der Waals surface area (Å²) in [7, 11) is 1.68. The van der Waals surface area contributed by atoms with Gasteiger partial charge in [0.15, 0.2) is 0 Å². The van der Waals surface area contributed by atoms with Gasteiger partial charge < -0.3 is 15.4 Å². The van der Waals surface area contributed by atoms with E-state index in [1.165, 1.54) is 32.1 Å². The molecule has 1 aromatic carbocycles. The van der Waals surface area contributed by atoms with Crippen molar-refractivity contribution in [2.75, 3.05) is 25.1 Å². The van der Waals surface area contributed by atoms with E-state index in [0.29, 0.717) is 0 Å². The van der Waals surface area contributed by atoms with Gasteiger partial charge in [0, 0.05) is 24.7 Å². The number of rotatable bonds is 3. The highest BCUT2D eigenvalue weighted by Crippen LogP contribution is 2.38. The highest BCUT2D eigenvalue weighted by Gasteiger charge is 2.32. The molecule has 4 nitrogen and oxygen atoms in total. The molecule has 1 saturated heterocycles. The summed E-state index contributed by atoms with van der Waals surface area (Å²) in [5, 5.41) is 7.81. The Morgan fingerprint density at radius 1 is 1.24 bits per heavy atom. The fraction of sp³-hybridized carbons (Fsp3) is 0.588. The molecule has 1 aliphatic carbocycles. The fourth-order valence-electron chi connectivity index (χ4n) is 3.95. The summed E-state index contributed by atoms with van der Waals surface area (Å²) in [6.07, 6.45) is 6.78. The van der Waals surface area contributed by atoms with Crippen LogP contribution in [0, 0.1) is 17.2 Å². The Morgan fingerprint density at radius 2 is 2.00 bits per heavy atom. The Kier molecular flexibility index (Phi) is 4.04. The Labute approximate surface area is 126 Å². The monoisotopic (exact) mass is 287 g/mol. The van der Waals surface area contributed by atoms with E-state index in [1.807, 2.05) is 18.2 Å². The number of amidine groups is 1. The minimum Gasteiger partial charge on any atom is -0.497 e. The van der Waals surface area contributed by atoms with Crippen LogP contribution >= 0.6 is 0 Å². The minimum atomic E-state index is 0.137. The number of piperidine rings is 1. The molecule has 21 heavy (non-hydrogen) atoms. The first-order valence-corrected chi connectivity index (χ1v) is 7.96. The molecule has 2 unspecified atom stereocenters. The van der Waals surface area contributed by atoms with Crippen molar-refractivity contribution in [2.24, 2.45) is 17.6 Å². The molecule has 2 fully saturated rings. The number of hydrogen-bond acceptors (Lipinski definition) is 3. The second-order valence-electron chi connectivity index (χ2n) is 6.34. The van der Waals surface area contributed by atoms with Crippen molar-refractivity contribution in [1.29, 1.82) is 5.41 Å². The number of methoxy groups -OCH3 is 1. The number of fused-ring (bicyclic) bond motifs is 1. The van der Waals surface area contributed by atoms with Crippen LogP contribution in [0.5, 0.6) is 5.75 Å². The van der Waals surface area contributed by atoms with Crippen molar-refractivity contribution >= 4 is 11.5 Å². The zero-order valence-electron chi connectivity index (χ0n) is 12.8. The second-order valence-corrected chi connectivity index (χ2v) is 6.34. The predicted molar refractivity (Wildman–Crippen MR) is 86.3 cm³/mol. The molecule has 114 valence electrons. The van der Waals surface area contributed by atoms with Crippen molar-refractivity contribution < 1.29 is 4.74 Å². The van der Waals surface area contributed by atoms with Gasteiger partial charge in [-0.05, 0) is 36.8 Å². The third-order valence-electron chi connectivity index (χ3n) is 5.13. The van der Waals surface area contributed by atoms with Gasteiger partial charge in [-0.15, -0.1) is 0 Å². The van der Waals surface area contributed by atoms with Crippen molar-refractivity contribution in [3.8, 4) is 5.75 Å². The van der Waals surface area contributed by atoms with Crippen LogP contribution < -0.4 is 15.4 Å². The molecule has 1 saturated carbocycles. The molecule has 1 heterocycles. The fourth-order valence-corrected chi connectivity index (χ4v) is 3.95. The van der Waals surface area contributed by atoms with Gasteiger partial charge in [-0.3, -0.25) is 5.41 Å². The van der Waals surface area contributed by atoms with Crippen molar-refractivity contribution in [1.82, 2.24) is 0 Å². The number of benzene rings is 1. The van der Waals surface area contributed by atoms with E-state index < -0.39 is 0 Å². The molecular weight excluding hydrogens is 262 g/mol. The average Bonchev–Trinajstić information content (AvgIpc) is 2.53. The lowest BCUT2D eigenvalue weighted by atomic mass is 9.75. The number of ether oxygens (including phenoxy) is 1. The Morgan fingerprint density at radius 3 is 2.71 bits per heavy atom. The van der Waals surface area contributed by atoms with E-state index in [-0.39, 0.29) is 5.84 Å². The topological polar surface area (TPSA) is 62.3 Å². The van der Waals surface area contributed by atoms with E-state index in [2.05, 4.69) is 4.90 Å². The summed E-state index contributed by atoms with van der Waals surface area (Å²) in [5.74, 6) is 2.68. The first kappa shape index (κ1) is 14.2. The molecular formula is C17H25N3O. The number of hydrogen-bond donors (Lipinski definition) is 2. The number of anilines is 1. The van der Waals surface area contributed by atoms with Crippen LogP contribution in [0.25, 0.3) is 0 Å². The van der Waals surface area contributed by atoms with Crippen LogP contribution in [0.3, 0.4) is 0 Å². The summed E-state index contributed by atoms with van der Waals surface area (Å²) in [5.41, 5.74) is 7.65. The van der Waals surface area contributed by atoms with E-state index in [1.54, 1.807) is 7.11 Å². The number of nitrogens with zero attached hydrogens (tertiary/aromatic N) is 1. The average molecular weight is 287 g/mol. The zero-order chi connectivity index (χ0) is 14.8. The number of nitrogens with two attached hydrogens (primary N) is 1. The molecule has 0 amide bonds. The third-order valence-corrected chi connectivity index (χ3v) is 5.13. The summed E-state index contributed by atoms with van der Waals surface area (Å²) < 4.78 is 5.35. The van der Waals surface area contributed by atoms with Gasteiger partial charge in [0.25, 0.3) is 0 Å². The minimum absolute atomic E-state index is 0.137. The molecule has 1 aromatic rings. The van der Waals surface area contributed by atoms with Crippen LogP contribution in [-0.4, -0.2) is 26.0 Å². The summed E-state index contributed by atoms with van der Waals surface area (Å²) in [6, 6.07) is 5.82. The van der Waals surface area contributed by atoms with Crippen LogP contribution in [-0.2, 0) is 0 Å². The highest BCUT2D eigenvalue weighted by molar-refractivity contribution is 6.00. The van der Waals surface area contributed by atoms with Gasteiger partial charge in [0.05, 0.1) is 12.8 Å². The maximum atomic E-state index is 7.81. The zero-order valence-corrected chi connectivity index (χ0v) is 12.8. The predicted octanol–water partition coefficient (Wildman–Crippen LogP) is 3.00. The largest absolute Gasteiger partial charge is 0.497 e. The third kappa shape index (κ3) is 2.85. The van der Waals surface area contributed by atoms with Gasteiger partial charge >= 0.3 is 0 Å². The van der Waals surface area contributed by atoms with E-state index in [9.17, 15) is 0 Å². The van der Waals surface area contributed by atoms with Crippen LogP contribution in [0.15, 0.2) is 18.2 Å². The molecule has 2 atom stereocenters. The number of nitrogens with one attached hydrogen (secondary N) is 1. The molecule has 1 aliphatic heterocycles. The molecule has 0 radical (unpaired) electrons. The molecule has 0 spiro atoms. The lowest BCUT2D eigenvalue weighted by molar-refractivity contribution is 0.202. The van der Waals surface area contributed by atoms with Gasteiger partial charge in [0.2, 0.25) is 0 Å². The first-order valence-electron chi connectivity index (χ1n) is 7.96. The Balaban J connectivity index is 1.86. The Hall–Kier alpha value is -1.71. The summed E-state index contributed by atoms with van der Waals surface area (Å²) in [4.78, 5) is 2.41. The van der Waals surface area contributed by atoms with Crippen LogP contribution in [0.1, 0.15) is 37.7 Å². The molecule has 2 aliphatic rings. The highest BCUT2D eigenvalue weighted by atomic mass is 16.5. The second kappa shape index (κ2) is 5.96. The Bertz CT molecular complexity index is 529. The normalized spacial score (nSPS) is 25.3. The molecule has 0 aromatic heterocycles. The van der Waals surface area contributed by atoms with Gasteiger partial charge in [-0.2, -0.15) is 0 Å². The quantitative estimate of drug-likeness (QED) is 0.663. The van der Waals surface area contributed by atoms with E-state index in [0.717, 1.165) is 41.9 Å². The molecule has 3 rings (SSSR count). The lowest BCUT2D eigenvalue weighted by Crippen LogP contribution is -2.42. The standard InChI is InChI=1S/C17H25N3O/c1-21-14-6-7-15(17(18)19)16(10-14)20-9-8-12-4-2-3-5-13(12)11-20/h6-7,10,12-13H,2-5,8-9,11H2,1H3,(H3,18,19). The summed E-state index contributed by atoms with van der Waals surface area (Å²) in [6.45, 7) is 2.16. The van der Waals surface area contributed by atoms with Crippen molar-refractivity contribution in [3.63, 3.8) is 0 Å². The summed E-state index contributed by atoms with van der Waals surface area (Å²) >= 11 is 0. The maximum absolute atomic E-state index is 7.81. The lowest BCUT2D eigenvalue weighted by Gasteiger charge is -2.42. The maximum Gasteiger partial charge on any atom is 0.124 e. The first-order chi connectivity index (χ1) is 10.2. The molecule has 4 heteroatoms. The molecule has 0 bridgehead atoms. The van der Waals surface area contributed by atoms with Crippen molar-refractivity contribution in [3.05, 3.63) is 23.8 Å². The van der Waals surface area contributed by atoms with Gasteiger partial charge in [-0.25, -0.2) is 0 Å². The molecule has 3 N–H and O–H groups in total. The van der Waals surface area contributed by atoms with Crippen LogP contribution in [0.2, 0.25) is 0 Å². The van der Waals surface area contributed by atoms with Gasteiger partial charge in [0.1, 0.15) is 11.6 Å². The van der Waals surface area contributed by atoms with Crippen LogP contribution in [0.4, 0.5) is 5.69 Å². The van der Waals surface area contributed by atoms with Gasteiger partial charge in [-0.1, -0.05) is 19.3 Å². The smallest absolute Gasteiger partial charge is 0.124 e. The van der Waals surface area contributed by atoms with E-state index >= 15 is 0 Å². The van der Waals surface area contributed by atoms with E-state index in [4.69, 9.17) is 15.9 Å². The van der Waals surface area contributed by atoms with Crippen molar-refractivity contribution in [2.45, 2.75) is 32.1 Å². The number of nitrogen functional groups attached to an aromatic ring is 1. The SMILES string of the molecule is COc1ccc(C(=N)N)c(N2CCC3CCCCC3C2)c1.